The van der Waals surface area contributed by atoms with Gasteiger partial charge in [0, 0.05) is 25.4 Å². The fourth-order valence-electron chi connectivity index (χ4n) is 3.71. The van der Waals surface area contributed by atoms with Crippen LogP contribution in [0.4, 0.5) is 0 Å². The van der Waals surface area contributed by atoms with E-state index in [0.29, 0.717) is 32.7 Å². The maximum atomic E-state index is 13.0. The molecule has 5 heteroatoms. The van der Waals surface area contributed by atoms with Gasteiger partial charge in [0.25, 0.3) is 0 Å². The highest BCUT2D eigenvalue weighted by molar-refractivity contribution is 5.88. The first kappa shape index (κ1) is 17.9. The summed E-state index contributed by atoms with van der Waals surface area (Å²) >= 11 is 0. The van der Waals surface area contributed by atoms with Gasteiger partial charge in [-0.15, -0.1) is 0 Å². The van der Waals surface area contributed by atoms with Gasteiger partial charge in [0.15, 0.2) is 0 Å². The van der Waals surface area contributed by atoms with Gasteiger partial charge in [0.2, 0.25) is 11.8 Å². The van der Waals surface area contributed by atoms with E-state index in [1.54, 1.807) is 0 Å². The van der Waals surface area contributed by atoms with E-state index in [9.17, 15) is 9.59 Å². The van der Waals surface area contributed by atoms with Crippen LogP contribution in [-0.4, -0.2) is 49.1 Å². The minimum Gasteiger partial charge on any atom is -0.378 e. The third-order valence-electron chi connectivity index (χ3n) is 5.20. The molecule has 136 valence electrons. The molecule has 2 fully saturated rings. The molecule has 2 aliphatic rings. The van der Waals surface area contributed by atoms with Crippen molar-refractivity contribution in [3.8, 4) is 0 Å². The second-order valence-corrected chi connectivity index (χ2v) is 7.02. The number of amides is 2. The molecule has 25 heavy (non-hydrogen) atoms. The fourth-order valence-corrected chi connectivity index (χ4v) is 3.71. The summed E-state index contributed by atoms with van der Waals surface area (Å²) in [6.45, 7) is 2.34. The molecular formula is C20H28N2O3. The van der Waals surface area contributed by atoms with Crippen molar-refractivity contribution in [3.05, 3.63) is 35.9 Å². The minimum atomic E-state index is -0.491. The van der Waals surface area contributed by atoms with Crippen molar-refractivity contribution in [1.82, 2.24) is 10.2 Å². The zero-order valence-electron chi connectivity index (χ0n) is 14.8. The summed E-state index contributed by atoms with van der Waals surface area (Å²) in [7, 11) is 0. The molecule has 1 heterocycles. The third-order valence-corrected chi connectivity index (χ3v) is 5.20. The lowest BCUT2D eigenvalue weighted by Gasteiger charge is -2.32. The number of rotatable bonds is 5. The van der Waals surface area contributed by atoms with Crippen molar-refractivity contribution >= 4 is 11.8 Å². The number of nitrogens with one attached hydrogen (secondary N) is 1. The minimum absolute atomic E-state index is 0.0105. The predicted octanol–water partition coefficient (Wildman–Crippen LogP) is 2.15. The van der Waals surface area contributed by atoms with Crippen molar-refractivity contribution in [3.63, 3.8) is 0 Å². The van der Waals surface area contributed by atoms with Crippen molar-refractivity contribution in [1.29, 1.82) is 0 Å². The lowest BCUT2D eigenvalue weighted by atomic mass is 9.88. The molecule has 1 aliphatic carbocycles. The first-order chi connectivity index (χ1) is 12.2. The van der Waals surface area contributed by atoms with E-state index in [4.69, 9.17) is 4.74 Å². The Bertz CT molecular complexity index is 564. The molecule has 1 atom stereocenters. The monoisotopic (exact) mass is 344 g/mol. The van der Waals surface area contributed by atoms with Crippen LogP contribution in [0.3, 0.4) is 0 Å². The Hall–Kier alpha value is -1.88. The van der Waals surface area contributed by atoms with Crippen LogP contribution in [0.2, 0.25) is 0 Å². The summed E-state index contributed by atoms with van der Waals surface area (Å²) in [6.07, 6.45) is 5.85. The molecule has 3 rings (SSSR count). The summed E-state index contributed by atoms with van der Waals surface area (Å²) in [6, 6.07) is 9.42. The van der Waals surface area contributed by atoms with Gasteiger partial charge in [-0.05, 0) is 18.4 Å². The first-order valence-corrected chi connectivity index (χ1v) is 9.45. The highest BCUT2D eigenvalue weighted by atomic mass is 16.5. The summed E-state index contributed by atoms with van der Waals surface area (Å²) in [4.78, 5) is 27.5. The molecule has 0 radical (unpaired) electrons. The number of ether oxygens (including phenoxy) is 1. The van der Waals surface area contributed by atoms with Crippen LogP contribution in [0, 0.1) is 5.92 Å². The lowest BCUT2D eigenvalue weighted by molar-refractivity contribution is -0.140. The van der Waals surface area contributed by atoms with Crippen LogP contribution in [-0.2, 0) is 20.7 Å². The Balaban J connectivity index is 1.68. The summed E-state index contributed by atoms with van der Waals surface area (Å²) < 4.78 is 5.34. The van der Waals surface area contributed by atoms with Gasteiger partial charge in [0.05, 0.1) is 13.2 Å². The van der Waals surface area contributed by atoms with Crippen LogP contribution in [0.25, 0.3) is 0 Å². The normalized spacial score (nSPS) is 20.1. The Morgan fingerprint density at radius 1 is 1.08 bits per heavy atom. The number of carbonyl (C=O) groups excluding carboxylic acids is 2. The van der Waals surface area contributed by atoms with Crippen LogP contribution in [0.15, 0.2) is 30.3 Å². The largest absolute Gasteiger partial charge is 0.378 e. The van der Waals surface area contributed by atoms with E-state index in [2.05, 4.69) is 5.32 Å². The van der Waals surface area contributed by atoms with E-state index in [1.165, 1.54) is 6.42 Å². The quantitative estimate of drug-likeness (QED) is 0.890. The molecule has 0 unspecified atom stereocenters. The number of morpholine rings is 1. The van der Waals surface area contributed by atoms with E-state index in [-0.39, 0.29) is 17.7 Å². The number of benzene rings is 1. The van der Waals surface area contributed by atoms with Crippen molar-refractivity contribution in [2.45, 2.75) is 44.6 Å². The molecule has 2 amide bonds. The topological polar surface area (TPSA) is 58.6 Å². The van der Waals surface area contributed by atoms with E-state index < -0.39 is 6.04 Å². The molecular weight excluding hydrogens is 316 g/mol. The van der Waals surface area contributed by atoms with Gasteiger partial charge < -0.3 is 15.0 Å². The van der Waals surface area contributed by atoms with Gasteiger partial charge in [-0.3, -0.25) is 9.59 Å². The Kier molecular flexibility index (Phi) is 6.45. The zero-order chi connectivity index (χ0) is 17.5. The van der Waals surface area contributed by atoms with Crippen LogP contribution in [0.5, 0.6) is 0 Å². The maximum Gasteiger partial charge on any atom is 0.245 e. The molecule has 1 saturated carbocycles. The fraction of sp³-hybridized carbons (Fsp3) is 0.600. The summed E-state index contributed by atoms with van der Waals surface area (Å²) in [5.74, 6) is 0.114. The molecule has 1 N–H and O–H groups in total. The average molecular weight is 344 g/mol. The molecule has 1 aliphatic heterocycles. The Morgan fingerprint density at radius 2 is 1.76 bits per heavy atom. The molecule has 0 spiro atoms. The lowest BCUT2D eigenvalue weighted by Crippen LogP contribution is -2.53. The standard InChI is InChI=1S/C20H28N2O3/c23-19(17-9-5-2-6-10-17)21-18(15-16-7-3-1-4-8-16)20(24)22-11-13-25-14-12-22/h1,3-4,7-8,17-18H,2,5-6,9-15H2,(H,21,23)/t18-/m0/s1. The molecule has 0 aromatic heterocycles. The molecule has 0 bridgehead atoms. The third kappa shape index (κ3) is 5.05. The second kappa shape index (κ2) is 8.99. The van der Waals surface area contributed by atoms with E-state index in [0.717, 1.165) is 31.2 Å². The van der Waals surface area contributed by atoms with Gasteiger partial charge in [-0.25, -0.2) is 0 Å². The number of nitrogens with zero attached hydrogens (tertiary/aromatic N) is 1. The Labute approximate surface area is 149 Å². The van der Waals surface area contributed by atoms with Crippen LogP contribution < -0.4 is 5.32 Å². The number of carbonyl (C=O) groups is 2. The first-order valence-electron chi connectivity index (χ1n) is 9.45. The molecule has 1 saturated heterocycles. The second-order valence-electron chi connectivity index (χ2n) is 7.02. The zero-order valence-corrected chi connectivity index (χ0v) is 14.8. The number of hydrogen-bond acceptors (Lipinski definition) is 3. The van der Waals surface area contributed by atoms with Crippen molar-refractivity contribution < 1.29 is 14.3 Å². The SMILES string of the molecule is O=C(N[C@@H](Cc1ccccc1)C(=O)N1CCOCC1)C1CCCCC1. The molecule has 1 aromatic rings. The number of hydrogen-bond donors (Lipinski definition) is 1. The highest BCUT2D eigenvalue weighted by Crippen LogP contribution is 2.24. The van der Waals surface area contributed by atoms with Crippen molar-refractivity contribution in [2.75, 3.05) is 26.3 Å². The van der Waals surface area contributed by atoms with Crippen LogP contribution >= 0.6 is 0 Å². The van der Waals surface area contributed by atoms with E-state index in [1.807, 2.05) is 35.2 Å². The average Bonchev–Trinajstić information content (AvgIpc) is 2.69. The van der Waals surface area contributed by atoms with Gasteiger partial charge in [-0.2, -0.15) is 0 Å². The summed E-state index contributed by atoms with van der Waals surface area (Å²) in [5.41, 5.74) is 1.07. The van der Waals surface area contributed by atoms with Crippen molar-refractivity contribution in [2.24, 2.45) is 5.92 Å². The highest BCUT2D eigenvalue weighted by Gasteiger charge is 2.30. The van der Waals surface area contributed by atoms with Gasteiger partial charge in [0.1, 0.15) is 6.04 Å². The summed E-state index contributed by atoms with van der Waals surface area (Å²) in [5, 5.41) is 3.06. The maximum absolute atomic E-state index is 13.0. The Morgan fingerprint density at radius 3 is 2.44 bits per heavy atom. The van der Waals surface area contributed by atoms with Crippen LogP contribution in [0.1, 0.15) is 37.7 Å². The van der Waals surface area contributed by atoms with Gasteiger partial charge >= 0.3 is 0 Å². The van der Waals surface area contributed by atoms with Gasteiger partial charge in [-0.1, -0.05) is 49.6 Å². The predicted molar refractivity (Wildman–Crippen MR) is 96.1 cm³/mol. The molecule has 1 aromatic carbocycles. The smallest absolute Gasteiger partial charge is 0.245 e. The van der Waals surface area contributed by atoms with E-state index >= 15 is 0 Å². The molecule has 5 nitrogen and oxygen atoms in total.